The normalized spacial score (nSPS) is 10.5. The highest BCUT2D eigenvalue weighted by molar-refractivity contribution is 5.92. The zero-order valence-electron chi connectivity index (χ0n) is 14.3. The Morgan fingerprint density at radius 1 is 1.19 bits per heavy atom. The third kappa shape index (κ3) is 3.61. The van der Waals surface area contributed by atoms with Crippen molar-refractivity contribution in [3.63, 3.8) is 0 Å². The summed E-state index contributed by atoms with van der Waals surface area (Å²) in [5.41, 5.74) is 2.76. The largest absolute Gasteiger partial charge is 0.455 e. The number of esters is 1. The number of nitro benzene ring substituents is 1. The van der Waals surface area contributed by atoms with Crippen molar-refractivity contribution >= 4 is 11.7 Å². The highest BCUT2D eigenvalue weighted by Gasteiger charge is 2.19. The van der Waals surface area contributed by atoms with Crippen molar-refractivity contribution in [1.29, 1.82) is 0 Å². The van der Waals surface area contributed by atoms with Crippen LogP contribution in [0.5, 0.6) is 0 Å². The molecule has 7 heteroatoms. The Kier molecular flexibility index (Phi) is 4.79. The molecule has 0 aliphatic heterocycles. The van der Waals surface area contributed by atoms with Crippen molar-refractivity contribution in [2.24, 2.45) is 0 Å². The molecule has 26 heavy (non-hydrogen) atoms. The van der Waals surface area contributed by atoms with Crippen LogP contribution >= 0.6 is 0 Å². The molecule has 3 rings (SSSR count). The predicted octanol–water partition coefficient (Wildman–Crippen LogP) is 4.22. The van der Waals surface area contributed by atoms with Crippen molar-refractivity contribution in [3.8, 4) is 11.3 Å². The van der Waals surface area contributed by atoms with E-state index in [4.69, 9.17) is 9.26 Å². The molecule has 0 aliphatic carbocycles. The Labute approximate surface area is 149 Å². The number of carbonyl (C=O) groups is 1. The van der Waals surface area contributed by atoms with Gasteiger partial charge in [-0.25, -0.2) is 4.79 Å². The van der Waals surface area contributed by atoms with Crippen LogP contribution in [0, 0.1) is 24.0 Å². The minimum Gasteiger partial charge on any atom is -0.455 e. The molecule has 1 aromatic heterocycles. The molecule has 0 spiro atoms. The fourth-order valence-electron chi connectivity index (χ4n) is 2.49. The summed E-state index contributed by atoms with van der Waals surface area (Å²) in [6, 6.07) is 13.7. The van der Waals surface area contributed by atoms with E-state index in [1.54, 1.807) is 6.07 Å². The van der Waals surface area contributed by atoms with Crippen LogP contribution < -0.4 is 0 Å². The van der Waals surface area contributed by atoms with Gasteiger partial charge in [-0.1, -0.05) is 41.1 Å². The first-order valence-electron chi connectivity index (χ1n) is 7.89. The van der Waals surface area contributed by atoms with Gasteiger partial charge in [0.15, 0.2) is 5.76 Å². The van der Waals surface area contributed by atoms with Gasteiger partial charge in [0, 0.05) is 23.3 Å². The van der Waals surface area contributed by atoms with Gasteiger partial charge in [0.2, 0.25) is 0 Å². The monoisotopic (exact) mass is 352 g/mol. The van der Waals surface area contributed by atoms with Gasteiger partial charge in [0.1, 0.15) is 12.3 Å². The van der Waals surface area contributed by atoms with E-state index in [-0.39, 0.29) is 23.4 Å². The van der Waals surface area contributed by atoms with E-state index in [0.717, 1.165) is 11.1 Å². The number of benzene rings is 2. The van der Waals surface area contributed by atoms with Gasteiger partial charge < -0.3 is 9.26 Å². The van der Waals surface area contributed by atoms with Crippen molar-refractivity contribution in [2.45, 2.75) is 20.5 Å². The van der Waals surface area contributed by atoms with Crippen LogP contribution in [0.3, 0.4) is 0 Å². The van der Waals surface area contributed by atoms with Gasteiger partial charge in [-0.3, -0.25) is 10.1 Å². The molecule has 0 amide bonds. The van der Waals surface area contributed by atoms with Crippen LogP contribution in [0.25, 0.3) is 11.3 Å². The van der Waals surface area contributed by atoms with Gasteiger partial charge in [-0.05, 0) is 19.9 Å². The van der Waals surface area contributed by atoms with Crippen molar-refractivity contribution in [3.05, 3.63) is 81.0 Å². The summed E-state index contributed by atoms with van der Waals surface area (Å²) in [6.07, 6.45) is 0. The third-order valence-electron chi connectivity index (χ3n) is 3.97. The van der Waals surface area contributed by atoms with E-state index in [1.165, 1.54) is 25.1 Å². The molecule has 3 aromatic rings. The average molecular weight is 352 g/mol. The number of aromatic nitrogens is 1. The minimum absolute atomic E-state index is 0.0870. The third-order valence-corrected chi connectivity index (χ3v) is 3.97. The standard InChI is InChI=1S/C19H16N2O5/c1-12-6-8-14(9-7-12)18-10-15(20-26-18)11-25-19(22)16-4-3-5-17(13(16)2)21(23)24/h3-10H,11H2,1-2H3. The number of rotatable bonds is 5. The Morgan fingerprint density at radius 3 is 2.62 bits per heavy atom. The van der Waals surface area contributed by atoms with Crippen LogP contribution in [0.1, 0.15) is 27.2 Å². The van der Waals surface area contributed by atoms with Crippen LogP contribution in [0.15, 0.2) is 53.1 Å². The zero-order valence-corrected chi connectivity index (χ0v) is 14.3. The van der Waals surface area contributed by atoms with E-state index in [9.17, 15) is 14.9 Å². The SMILES string of the molecule is Cc1ccc(-c2cc(COC(=O)c3cccc([N+](=O)[O-])c3C)no2)cc1. The summed E-state index contributed by atoms with van der Waals surface area (Å²) in [6.45, 7) is 3.42. The Hall–Kier alpha value is -3.48. The summed E-state index contributed by atoms with van der Waals surface area (Å²) in [4.78, 5) is 22.7. The summed E-state index contributed by atoms with van der Waals surface area (Å²) in [7, 11) is 0. The molecule has 0 atom stereocenters. The van der Waals surface area contributed by atoms with Crippen LogP contribution in [-0.4, -0.2) is 16.0 Å². The van der Waals surface area contributed by atoms with Crippen molar-refractivity contribution < 1.29 is 19.0 Å². The summed E-state index contributed by atoms with van der Waals surface area (Å²) in [5, 5.41) is 14.9. The highest BCUT2D eigenvalue weighted by Crippen LogP contribution is 2.23. The topological polar surface area (TPSA) is 95.5 Å². The molecule has 0 unspecified atom stereocenters. The van der Waals surface area contributed by atoms with Crippen LogP contribution in [0.4, 0.5) is 5.69 Å². The Balaban J connectivity index is 1.70. The number of ether oxygens (including phenoxy) is 1. The fourth-order valence-corrected chi connectivity index (χ4v) is 2.49. The maximum Gasteiger partial charge on any atom is 0.339 e. The summed E-state index contributed by atoms with van der Waals surface area (Å²) in [5.74, 6) is -0.0753. The number of hydrogen-bond donors (Lipinski definition) is 0. The Bertz CT molecular complexity index is 960. The van der Waals surface area contributed by atoms with Gasteiger partial charge in [-0.2, -0.15) is 0 Å². The first kappa shape index (κ1) is 17.3. The van der Waals surface area contributed by atoms with E-state index in [0.29, 0.717) is 11.5 Å². The number of nitro groups is 1. The highest BCUT2D eigenvalue weighted by atomic mass is 16.6. The smallest absolute Gasteiger partial charge is 0.339 e. The molecule has 1 heterocycles. The number of hydrogen-bond acceptors (Lipinski definition) is 6. The first-order valence-corrected chi connectivity index (χ1v) is 7.89. The molecule has 0 fully saturated rings. The lowest BCUT2D eigenvalue weighted by atomic mass is 10.1. The summed E-state index contributed by atoms with van der Waals surface area (Å²) < 4.78 is 10.5. The van der Waals surface area contributed by atoms with E-state index in [2.05, 4.69) is 5.16 Å². The van der Waals surface area contributed by atoms with Crippen molar-refractivity contribution in [2.75, 3.05) is 0 Å². The second-order valence-corrected chi connectivity index (χ2v) is 5.83. The zero-order chi connectivity index (χ0) is 18.7. The lowest BCUT2D eigenvalue weighted by Crippen LogP contribution is -2.08. The minimum atomic E-state index is -0.647. The van der Waals surface area contributed by atoms with Crippen molar-refractivity contribution in [1.82, 2.24) is 5.16 Å². The number of nitrogens with zero attached hydrogens (tertiary/aromatic N) is 2. The molecule has 7 nitrogen and oxygen atoms in total. The summed E-state index contributed by atoms with van der Waals surface area (Å²) >= 11 is 0. The molecule has 0 radical (unpaired) electrons. The fraction of sp³-hybridized carbons (Fsp3) is 0.158. The van der Waals surface area contributed by atoms with E-state index in [1.807, 2.05) is 31.2 Å². The maximum atomic E-state index is 12.2. The van der Waals surface area contributed by atoms with Gasteiger partial charge in [0.05, 0.1) is 10.5 Å². The predicted molar refractivity (Wildman–Crippen MR) is 93.6 cm³/mol. The van der Waals surface area contributed by atoms with Crippen LogP contribution in [0.2, 0.25) is 0 Å². The van der Waals surface area contributed by atoms with Gasteiger partial charge >= 0.3 is 5.97 Å². The molecule has 2 aromatic carbocycles. The second-order valence-electron chi connectivity index (χ2n) is 5.83. The van der Waals surface area contributed by atoms with E-state index >= 15 is 0 Å². The molecule has 0 bridgehead atoms. The quantitative estimate of drug-likeness (QED) is 0.387. The molecule has 0 N–H and O–H groups in total. The second kappa shape index (κ2) is 7.18. The molecular formula is C19H16N2O5. The molecule has 0 aliphatic rings. The molecule has 132 valence electrons. The van der Waals surface area contributed by atoms with Gasteiger partial charge in [0.25, 0.3) is 5.69 Å². The first-order chi connectivity index (χ1) is 12.5. The maximum absolute atomic E-state index is 12.2. The average Bonchev–Trinajstić information content (AvgIpc) is 3.09. The molecule has 0 saturated heterocycles. The molecule has 0 saturated carbocycles. The number of carbonyl (C=O) groups excluding carboxylic acids is 1. The van der Waals surface area contributed by atoms with E-state index < -0.39 is 10.9 Å². The lowest BCUT2D eigenvalue weighted by molar-refractivity contribution is -0.385. The van der Waals surface area contributed by atoms with Gasteiger partial charge in [-0.15, -0.1) is 0 Å². The van der Waals surface area contributed by atoms with Crippen LogP contribution in [-0.2, 0) is 11.3 Å². The lowest BCUT2D eigenvalue weighted by Gasteiger charge is -2.05. The number of aryl methyl sites for hydroxylation is 1. The molecular weight excluding hydrogens is 336 g/mol. The Morgan fingerprint density at radius 2 is 1.92 bits per heavy atom.